The SMILES string of the molecule is CCOC(=O)CNC(=O)N[C@H](CCC(=O)OC)C(=O)O. The van der Waals surface area contributed by atoms with Crippen LogP contribution in [0.15, 0.2) is 0 Å². The number of carboxylic acids is 1. The highest BCUT2D eigenvalue weighted by atomic mass is 16.5. The molecule has 0 aliphatic heterocycles. The van der Waals surface area contributed by atoms with Crippen LogP contribution in [-0.4, -0.2) is 55.3 Å². The van der Waals surface area contributed by atoms with Gasteiger partial charge in [0.05, 0.1) is 13.7 Å². The Bertz CT molecular complexity index is 370. The molecule has 0 aromatic carbocycles. The van der Waals surface area contributed by atoms with Crippen molar-refractivity contribution in [1.29, 1.82) is 0 Å². The van der Waals surface area contributed by atoms with Crippen molar-refractivity contribution in [2.24, 2.45) is 0 Å². The molecule has 9 heteroatoms. The van der Waals surface area contributed by atoms with Gasteiger partial charge in [-0.15, -0.1) is 0 Å². The van der Waals surface area contributed by atoms with Gasteiger partial charge in [0, 0.05) is 6.42 Å². The van der Waals surface area contributed by atoms with Crippen LogP contribution in [0.1, 0.15) is 19.8 Å². The number of carbonyl (C=O) groups excluding carboxylic acids is 3. The first-order chi connectivity index (χ1) is 9.40. The van der Waals surface area contributed by atoms with Gasteiger partial charge in [-0.1, -0.05) is 0 Å². The molecule has 114 valence electrons. The summed E-state index contributed by atoms with van der Waals surface area (Å²) in [6.45, 7) is 1.42. The maximum Gasteiger partial charge on any atom is 0.326 e. The molecule has 0 bridgehead atoms. The Balaban J connectivity index is 4.17. The third-order valence-electron chi connectivity index (χ3n) is 2.17. The molecule has 0 radical (unpaired) electrons. The predicted octanol–water partition coefficient (Wildman–Crippen LogP) is -0.745. The maximum absolute atomic E-state index is 11.4. The number of rotatable bonds is 8. The molecule has 0 aliphatic rings. The van der Waals surface area contributed by atoms with Crippen LogP contribution in [0.4, 0.5) is 4.79 Å². The minimum Gasteiger partial charge on any atom is -0.480 e. The van der Waals surface area contributed by atoms with Gasteiger partial charge in [-0.3, -0.25) is 9.59 Å². The first kappa shape index (κ1) is 17.7. The topological polar surface area (TPSA) is 131 Å². The fourth-order valence-electron chi connectivity index (χ4n) is 1.20. The van der Waals surface area contributed by atoms with E-state index in [9.17, 15) is 19.2 Å². The molecule has 9 nitrogen and oxygen atoms in total. The summed E-state index contributed by atoms with van der Waals surface area (Å²) in [5, 5.41) is 13.2. The number of hydrogen-bond donors (Lipinski definition) is 3. The Labute approximate surface area is 115 Å². The largest absolute Gasteiger partial charge is 0.480 e. The molecule has 0 heterocycles. The van der Waals surface area contributed by atoms with Crippen LogP contribution in [0, 0.1) is 0 Å². The van der Waals surface area contributed by atoms with Gasteiger partial charge in [-0.25, -0.2) is 9.59 Å². The molecule has 1 atom stereocenters. The van der Waals surface area contributed by atoms with Crippen molar-refractivity contribution < 1.29 is 33.8 Å². The minimum absolute atomic E-state index is 0.116. The average molecular weight is 290 g/mol. The third-order valence-corrected chi connectivity index (χ3v) is 2.17. The van der Waals surface area contributed by atoms with Gasteiger partial charge < -0.3 is 25.2 Å². The van der Waals surface area contributed by atoms with Crippen LogP contribution in [0.3, 0.4) is 0 Å². The van der Waals surface area contributed by atoms with Crippen molar-refractivity contribution in [2.75, 3.05) is 20.3 Å². The fraction of sp³-hybridized carbons (Fsp3) is 0.636. The van der Waals surface area contributed by atoms with Crippen molar-refractivity contribution in [3.05, 3.63) is 0 Å². The second-order valence-electron chi connectivity index (χ2n) is 3.64. The summed E-state index contributed by atoms with van der Waals surface area (Å²) in [6.07, 6.45) is -0.263. The highest BCUT2D eigenvalue weighted by Gasteiger charge is 2.21. The second-order valence-corrected chi connectivity index (χ2v) is 3.64. The fourth-order valence-corrected chi connectivity index (χ4v) is 1.20. The van der Waals surface area contributed by atoms with Gasteiger partial charge in [0.15, 0.2) is 0 Å². The van der Waals surface area contributed by atoms with E-state index in [1.165, 1.54) is 7.11 Å². The number of urea groups is 1. The molecule has 0 saturated carbocycles. The van der Waals surface area contributed by atoms with E-state index in [0.717, 1.165) is 0 Å². The van der Waals surface area contributed by atoms with E-state index >= 15 is 0 Å². The van der Waals surface area contributed by atoms with Crippen molar-refractivity contribution in [1.82, 2.24) is 10.6 Å². The number of ether oxygens (including phenoxy) is 2. The summed E-state index contributed by atoms with van der Waals surface area (Å²) >= 11 is 0. The molecule has 0 saturated heterocycles. The van der Waals surface area contributed by atoms with Crippen LogP contribution >= 0.6 is 0 Å². The number of aliphatic carboxylic acids is 1. The smallest absolute Gasteiger partial charge is 0.326 e. The number of esters is 2. The second kappa shape index (κ2) is 9.59. The number of hydrogen-bond acceptors (Lipinski definition) is 6. The Hall–Kier alpha value is -2.32. The van der Waals surface area contributed by atoms with Gasteiger partial charge in [0.2, 0.25) is 0 Å². The highest BCUT2D eigenvalue weighted by Crippen LogP contribution is 1.99. The van der Waals surface area contributed by atoms with Gasteiger partial charge in [0.25, 0.3) is 0 Å². The molecule has 0 rings (SSSR count). The lowest BCUT2D eigenvalue weighted by Gasteiger charge is -2.14. The number of amides is 2. The number of carboxylic acid groups (broad SMARTS) is 1. The molecule has 2 amide bonds. The maximum atomic E-state index is 11.4. The van der Waals surface area contributed by atoms with Gasteiger partial charge >= 0.3 is 23.9 Å². The van der Waals surface area contributed by atoms with E-state index in [4.69, 9.17) is 5.11 Å². The Morgan fingerprint density at radius 2 is 1.85 bits per heavy atom. The van der Waals surface area contributed by atoms with Crippen molar-refractivity contribution >= 4 is 23.9 Å². The van der Waals surface area contributed by atoms with Gasteiger partial charge in [-0.05, 0) is 13.3 Å². The zero-order chi connectivity index (χ0) is 15.5. The Morgan fingerprint density at radius 1 is 1.20 bits per heavy atom. The molecular formula is C11H18N2O7. The van der Waals surface area contributed by atoms with Crippen molar-refractivity contribution in [3.63, 3.8) is 0 Å². The molecular weight excluding hydrogens is 272 g/mol. The first-order valence-electron chi connectivity index (χ1n) is 5.90. The number of methoxy groups -OCH3 is 1. The highest BCUT2D eigenvalue weighted by molar-refractivity contribution is 5.85. The summed E-state index contributed by atoms with van der Waals surface area (Å²) in [5.74, 6) is -2.51. The van der Waals surface area contributed by atoms with E-state index in [1.54, 1.807) is 6.92 Å². The summed E-state index contributed by atoms with van der Waals surface area (Å²) < 4.78 is 8.95. The molecule has 0 unspecified atom stereocenters. The molecule has 0 aromatic heterocycles. The monoisotopic (exact) mass is 290 g/mol. The predicted molar refractivity (Wildman–Crippen MR) is 65.8 cm³/mol. The lowest BCUT2D eigenvalue weighted by Crippen LogP contribution is -2.47. The van der Waals surface area contributed by atoms with Gasteiger partial charge in [0.1, 0.15) is 12.6 Å². The van der Waals surface area contributed by atoms with E-state index in [2.05, 4.69) is 20.1 Å². The number of nitrogens with one attached hydrogen (secondary N) is 2. The normalized spacial score (nSPS) is 11.1. The molecule has 3 N–H and O–H groups in total. The minimum atomic E-state index is -1.29. The molecule has 0 spiro atoms. The molecule has 0 fully saturated rings. The summed E-state index contributed by atoms with van der Waals surface area (Å²) in [7, 11) is 1.18. The quantitative estimate of drug-likeness (QED) is 0.501. The van der Waals surface area contributed by atoms with Gasteiger partial charge in [-0.2, -0.15) is 0 Å². The standard InChI is InChI=1S/C11H18N2O7/c1-3-20-9(15)6-12-11(18)13-7(10(16)17)4-5-8(14)19-2/h7H,3-6H2,1-2H3,(H,16,17)(H2,12,13,18)/t7-/m1/s1. The van der Waals surface area contributed by atoms with E-state index in [-0.39, 0.29) is 26.0 Å². The van der Waals surface area contributed by atoms with E-state index in [0.29, 0.717) is 0 Å². The van der Waals surface area contributed by atoms with Crippen LogP contribution in [0.5, 0.6) is 0 Å². The molecule has 0 aliphatic carbocycles. The summed E-state index contributed by atoms with van der Waals surface area (Å²) in [5.41, 5.74) is 0. The summed E-state index contributed by atoms with van der Waals surface area (Å²) in [6, 6.07) is -2.09. The van der Waals surface area contributed by atoms with E-state index < -0.39 is 30.0 Å². The van der Waals surface area contributed by atoms with Crippen LogP contribution in [0.25, 0.3) is 0 Å². The van der Waals surface area contributed by atoms with Crippen LogP contribution in [0.2, 0.25) is 0 Å². The zero-order valence-corrected chi connectivity index (χ0v) is 11.3. The Morgan fingerprint density at radius 3 is 2.35 bits per heavy atom. The van der Waals surface area contributed by atoms with Crippen LogP contribution < -0.4 is 10.6 Å². The third kappa shape index (κ3) is 7.90. The lowest BCUT2D eigenvalue weighted by molar-refractivity contribution is -0.143. The molecule has 0 aromatic rings. The Kier molecular flexibility index (Phi) is 8.48. The van der Waals surface area contributed by atoms with Crippen molar-refractivity contribution in [3.8, 4) is 0 Å². The number of carbonyl (C=O) groups is 4. The van der Waals surface area contributed by atoms with Crippen molar-refractivity contribution in [2.45, 2.75) is 25.8 Å². The van der Waals surface area contributed by atoms with E-state index in [1.807, 2.05) is 0 Å². The lowest BCUT2D eigenvalue weighted by atomic mass is 10.1. The first-order valence-corrected chi connectivity index (χ1v) is 5.90. The summed E-state index contributed by atoms with van der Waals surface area (Å²) in [4.78, 5) is 44.1. The zero-order valence-electron chi connectivity index (χ0n) is 11.3. The molecule has 20 heavy (non-hydrogen) atoms. The average Bonchev–Trinajstić information content (AvgIpc) is 2.40. The van der Waals surface area contributed by atoms with Crippen LogP contribution in [-0.2, 0) is 23.9 Å².